The van der Waals surface area contributed by atoms with Crippen molar-refractivity contribution in [2.45, 2.75) is 17.9 Å². The Morgan fingerprint density at radius 2 is 1.79 bits per heavy atom. The lowest BCUT2D eigenvalue weighted by molar-refractivity contribution is -0.120. The first-order chi connectivity index (χ1) is 13.8. The van der Waals surface area contributed by atoms with Gasteiger partial charge in [0.15, 0.2) is 15.0 Å². The molecule has 2 N–H and O–H groups in total. The number of carbonyl (C=O) groups excluding carboxylic acids is 1. The van der Waals surface area contributed by atoms with Gasteiger partial charge in [0.25, 0.3) is 0 Å². The second-order valence-corrected chi connectivity index (χ2v) is 9.24. The standard InChI is InChI=1S/C20H21N3O4S2/c1-27-17-7-3-14(4-8-17)12-21-19(24)11-16-13-28-20(23-16)22-15-5-9-18(10-6-15)29(2,25)26/h3-10,13H,11-12H2,1-2H3,(H,21,24)(H,22,23). The Morgan fingerprint density at radius 3 is 2.41 bits per heavy atom. The first-order valence-corrected chi connectivity index (χ1v) is 11.5. The molecule has 152 valence electrons. The van der Waals surface area contributed by atoms with Gasteiger partial charge >= 0.3 is 0 Å². The fraction of sp³-hybridized carbons (Fsp3) is 0.200. The minimum absolute atomic E-state index is 0.116. The van der Waals surface area contributed by atoms with Crippen LogP contribution in [-0.2, 0) is 27.6 Å². The quantitative estimate of drug-likeness (QED) is 0.569. The summed E-state index contributed by atoms with van der Waals surface area (Å²) in [6.45, 7) is 0.435. The number of sulfone groups is 1. The molecule has 0 aliphatic rings. The molecule has 0 radical (unpaired) electrons. The molecule has 1 amide bonds. The van der Waals surface area contributed by atoms with E-state index in [1.165, 1.54) is 17.6 Å². The van der Waals surface area contributed by atoms with E-state index in [0.717, 1.165) is 17.0 Å². The molecule has 0 unspecified atom stereocenters. The van der Waals surface area contributed by atoms with Gasteiger partial charge in [-0.1, -0.05) is 12.1 Å². The molecule has 29 heavy (non-hydrogen) atoms. The van der Waals surface area contributed by atoms with Gasteiger partial charge in [0.05, 0.1) is 24.1 Å². The predicted molar refractivity (Wildman–Crippen MR) is 113 cm³/mol. The van der Waals surface area contributed by atoms with Gasteiger partial charge in [-0.2, -0.15) is 0 Å². The third-order valence-electron chi connectivity index (χ3n) is 4.08. The van der Waals surface area contributed by atoms with Crippen LogP contribution >= 0.6 is 11.3 Å². The Morgan fingerprint density at radius 1 is 1.10 bits per heavy atom. The fourth-order valence-electron chi connectivity index (χ4n) is 2.53. The second kappa shape index (κ2) is 9.06. The molecular formula is C20H21N3O4S2. The van der Waals surface area contributed by atoms with E-state index in [1.54, 1.807) is 31.4 Å². The lowest BCUT2D eigenvalue weighted by Crippen LogP contribution is -2.24. The first kappa shape index (κ1) is 20.8. The molecule has 1 heterocycles. The Labute approximate surface area is 173 Å². The van der Waals surface area contributed by atoms with Crippen LogP contribution in [0.15, 0.2) is 58.8 Å². The number of nitrogens with zero attached hydrogens (tertiary/aromatic N) is 1. The summed E-state index contributed by atoms with van der Waals surface area (Å²) in [5.41, 5.74) is 2.37. The molecule has 0 saturated carbocycles. The molecule has 3 aromatic rings. The van der Waals surface area contributed by atoms with Crippen LogP contribution in [0.3, 0.4) is 0 Å². The monoisotopic (exact) mass is 431 g/mol. The Balaban J connectivity index is 1.52. The lowest BCUT2D eigenvalue weighted by atomic mass is 10.2. The van der Waals surface area contributed by atoms with Crippen LogP contribution in [0, 0.1) is 0 Å². The number of methoxy groups -OCH3 is 1. The molecular weight excluding hydrogens is 410 g/mol. The summed E-state index contributed by atoms with van der Waals surface area (Å²) < 4.78 is 28.1. The zero-order valence-corrected chi connectivity index (χ0v) is 17.6. The number of amides is 1. The Hall–Kier alpha value is -2.91. The van der Waals surface area contributed by atoms with Crippen molar-refractivity contribution in [1.82, 2.24) is 10.3 Å². The van der Waals surface area contributed by atoms with E-state index in [-0.39, 0.29) is 17.2 Å². The van der Waals surface area contributed by atoms with Crippen molar-refractivity contribution >= 4 is 37.9 Å². The van der Waals surface area contributed by atoms with E-state index in [4.69, 9.17) is 4.74 Å². The molecule has 0 aliphatic heterocycles. The molecule has 0 atom stereocenters. The molecule has 9 heteroatoms. The number of benzene rings is 2. The average molecular weight is 432 g/mol. The van der Waals surface area contributed by atoms with Crippen molar-refractivity contribution in [1.29, 1.82) is 0 Å². The highest BCUT2D eigenvalue weighted by atomic mass is 32.2. The number of hydrogen-bond donors (Lipinski definition) is 2. The summed E-state index contributed by atoms with van der Waals surface area (Å²) in [5, 5.41) is 8.44. The third kappa shape index (κ3) is 6.03. The third-order valence-corrected chi connectivity index (χ3v) is 6.01. The maximum atomic E-state index is 12.2. The van der Waals surface area contributed by atoms with Crippen LogP contribution in [-0.4, -0.2) is 32.7 Å². The largest absolute Gasteiger partial charge is 0.497 e. The van der Waals surface area contributed by atoms with Crippen molar-refractivity contribution in [3.05, 3.63) is 65.2 Å². The summed E-state index contributed by atoms with van der Waals surface area (Å²) >= 11 is 1.38. The van der Waals surface area contributed by atoms with E-state index >= 15 is 0 Å². The second-order valence-electron chi connectivity index (χ2n) is 6.37. The van der Waals surface area contributed by atoms with Crippen molar-refractivity contribution in [2.24, 2.45) is 0 Å². The molecule has 0 spiro atoms. The van der Waals surface area contributed by atoms with E-state index in [2.05, 4.69) is 15.6 Å². The molecule has 1 aromatic heterocycles. The number of aromatic nitrogens is 1. The molecule has 0 bridgehead atoms. The van der Waals surface area contributed by atoms with Crippen LogP contribution in [0.25, 0.3) is 0 Å². The SMILES string of the molecule is COc1ccc(CNC(=O)Cc2csc(Nc3ccc(S(C)(=O)=O)cc3)n2)cc1. The highest BCUT2D eigenvalue weighted by molar-refractivity contribution is 7.90. The number of rotatable bonds is 8. The summed E-state index contributed by atoms with van der Waals surface area (Å²) in [4.78, 5) is 16.8. The zero-order chi connectivity index (χ0) is 20.9. The summed E-state index contributed by atoms with van der Waals surface area (Å²) in [7, 11) is -1.61. The molecule has 3 rings (SSSR count). The van der Waals surface area contributed by atoms with E-state index < -0.39 is 9.84 Å². The van der Waals surface area contributed by atoms with Gasteiger partial charge in [-0.15, -0.1) is 11.3 Å². The normalized spacial score (nSPS) is 11.1. The van der Waals surface area contributed by atoms with Gasteiger partial charge in [0, 0.05) is 23.9 Å². The first-order valence-electron chi connectivity index (χ1n) is 8.74. The molecule has 0 saturated heterocycles. The van der Waals surface area contributed by atoms with E-state index in [1.807, 2.05) is 29.6 Å². The van der Waals surface area contributed by atoms with Crippen LogP contribution < -0.4 is 15.4 Å². The van der Waals surface area contributed by atoms with Crippen LogP contribution in [0.1, 0.15) is 11.3 Å². The molecule has 0 aliphatic carbocycles. The minimum Gasteiger partial charge on any atom is -0.497 e. The van der Waals surface area contributed by atoms with Gasteiger partial charge in [-0.25, -0.2) is 13.4 Å². The van der Waals surface area contributed by atoms with Crippen molar-refractivity contribution in [3.63, 3.8) is 0 Å². The van der Waals surface area contributed by atoms with Gasteiger partial charge in [-0.3, -0.25) is 4.79 Å². The van der Waals surface area contributed by atoms with Gasteiger partial charge in [0.2, 0.25) is 5.91 Å². The van der Waals surface area contributed by atoms with Crippen LogP contribution in [0.5, 0.6) is 5.75 Å². The number of ether oxygens (including phenoxy) is 1. The van der Waals surface area contributed by atoms with Crippen LogP contribution in [0.2, 0.25) is 0 Å². The topological polar surface area (TPSA) is 97.4 Å². The average Bonchev–Trinajstić information content (AvgIpc) is 3.13. The number of hydrogen-bond acceptors (Lipinski definition) is 7. The van der Waals surface area contributed by atoms with Gasteiger partial charge in [0.1, 0.15) is 5.75 Å². The van der Waals surface area contributed by atoms with Crippen molar-refractivity contribution in [2.75, 3.05) is 18.7 Å². The highest BCUT2D eigenvalue weighted by Gasteiger charge is 2.09. The van der Waals surface area contributed by atoms with E-state index in [0.29, 0.717) is 17.4 Å². The lowest BCUT2D eigenvalue weighted by Gasteiger charge is -2.06. The van der Waals surface area contributed by atoms with Crippen molar-refractivity contribution in [3.8, 4) is 5.75 Å². The zero-order valence-electron chi connectivity index (χ0n) is 16.0. The Bertz CT molecular complexity index is 1080. The minimum atomic E-state index is -3.22. The summed E-state index contributed by atoms with van der Waals surface area (Å²) in [6.07, 6.45) is 1.35. The maximum absolute atomic E-state index is 12.2. The molecule has 0 fully saturated rings. The number of nitrogens with one attached hydrogen (secondary N) is 2. The number of anilines is 2. The van der Waals surface area contributed by atoms with E-state index in [9.17, 15) is 13.2 Å². The number of carbonyl (C=O) groups is 1. The predicted octanol–water partition coefficient (Wildman–Crippen LogP) is 3.16. The molecule has 7 nitrogen and oxygen atoms in total. The maximum Gasteiger partial charge on any atom is 0.226 e. The number of thiazole rings is 1. The van der Waals surface area contributed by atoms with Crippen LogP contribution in [0.4, 0.5) is 10.8 Å². The van der Waals surface area contributed by atoms with Gasteiger partial charge in [-0.05, 0) is 42.0 Å². The van der Waals surface area contributed by atoms with Crippen molar-refractivity contribution < 1.29 is 17.9 Å². The summed E-state index contributed by atoms with van der Waals surface area (Å²) in [6, 6.07) is 13.9. The highest BCUT2D eigenvalue weighted by Crippen LogP contribution is 2.22. The van der Waals surface area contributed by atoms with Gasteiger partial charge < -0.3 is 15.4 Å². The molecule has 2 aromatic carbocycles. The fourth-order valence-corrected chi connectivity index (χ4v) is 3.89. The summed E-state index contributed by atoms with van der Waals surface area (Å²) in [5.74, 6) is 0.656. The smallest absolute Gasteiger partial charge is 0.226 e. The Kier molecular flexibility index (Phi) is 6.50.